The lowest BCUT2D eigenvalue weighted by Gasteiger charge is -2.29. The highest BCUT2D eigenvalue weighted by Gasteiger charge is 2.46. The zero-order valence-corrected chi connectivity index (χ0v) is 17.9. The Kier molecular flexibility index (Phi) is 6.21. The highest BCUT2D eigenvalue weighted by Crippen LogP contribution is 2.38. The quantitative estimate of drug-likeness (QED) is 0.774. The van der Waals surface area contributed by atoms with Crippen LogP contribution >= 0.6 is 0 Å². The molecule has 1 atom stereocenters. The zero-order valence-electron chi connectivity index (χ0n) is 17.9. The van der Waals surface area contributed by atoms with Crippen molar-refractivity contribution in [3.8, 4) is 11.1 Å². The van der Waals surface area contributed by atoms with E-state index < -0.39 is 5.41 Å². The molecule has 4 nitrogen and oxygen atoms in total. The molecule has 2 fully saturated rings. The van der Waals surface area contributed by atoms with Crippen molar-refractivity contribution in [3.05, 3.63) is 60.2 Å². The summed E-state index contributed by atoms with van der Waals surface area (Å²) < 4.78 is 0. The van der Waals surface area contributed by atoms with E-state index in [0.29, 0.717) is 38.3 Å². The number of nitrogens with one attached hydrogen (secondary N) is 1. The number of benzene rings is 2. The lowest BCUT2D eigenvalue weighted by atomic mass is 9.78. The molecule has 1 aliphatic carbocycles. The molecular formula is C26H32N2O2. The molecule has 2 amide bonds. The van der Waals surface area contributed by atoms with Crippen LogP contribution in [-0.2, 0) is 16.0 Å². The van der Waals surface area contributed by atoms with Gasteiger partial charge in [0.2, 0.25) is 11.8 Å². The Hall–Kier alpha value is -2.62. The van der Waals surface area contributed by atoms with Crippen LogP contribution in [0.2, 0.25) is 0 Å². The first-order valence-electron chi connectivity index (χ1n) is 11.2. The van der Waals surface area contributed by atoms with Crippen molar-refractivity contribution < 1.29 is 9.59 Å². The molecule has 4 heteroatoms. The first-order valence-corrected chi connectivity index (χ1v) is 11.2. The van der Waals surface area contributed by atoms with Gasteiger partial charge in [-0.25, -0.2) is 0 Å². The van der Waals surface area contributed by atoms with Crippen LogP contribution in [-0.4, -0.2) is 36.9 Å². The van der Waals surface area contributed by atoms with Crippen LogP contribution in [0.5, 0.6) is 0 Å². The van der Waals surface area contributed by atoms with Crippen molar-refractivity contribution >= 4 is 11.8 Å². The molecule has 2 aromatic rings. The summed E-state index contributed by atoms with van der Waals surface area (Å²) in [5.74, 6) is 0.803. The monoisotopic (exact) mass is 404 g/mol. The van der Waals surface area contributed by atoms with Crippen LogP contribution in [0.3, 0.4) is 0 Å². The number of likely N-dealkylation sites (tertiary alicyclic amines) is 1. The topological polar surface area (TPSA) is 49.4 Å². The summed E-state index contributed by atoms with van der Waals surface area (Å²) in [5.41, 5.74) is 2.92. The number of amides is 2. The van der Waals surface area contributed by atoms with E-state index in [-0.39, 0.29) is 11.8 Å². The predicted molar refractivity (Wildman–Crippen MR) is 120 cm³/mol. The van der Waals surface area contributed by atoms with E-state index >= 15 is 0 Å². The molecule has 1 heterocycles. The molecule has 2 aromatic carbocycles. The van der Waals surface area contributed by atoms with Gasteiger partial charge in [0.25, 0.3) is 0 Å². The zero-order chi connectivity index (χ0) is 21.0. The Labute approximate surface area is 179 Å². The van der Waals surface area contributed by atoms with Gasteiger partial charge in [-0.1, -0.05) is 67.4 Å². The van der Waals surface area contributed by atoms with Gasteiger partial charge in [0.15, 0.2) is 0 Å². The van der Waals surface area contributed by atoms with E-state index in [1.54, 1.807) is 7.05 Å². The first kappa shape index (κ1) is 20.6. The van der Waals surface area contributed by atoms with E-state index in [4.69, 9.17) is 0 Å². The number of carbonyl (C=O) groups is 2. The lowest BCUT2D eigenvalue weighted by Crippen LogP contribution is -2.44. The molecule has 0 radical (unpaired) electrons. The van der Waals surface area contributed by atoms with E-state index in [0.717, 1.165) is 16.7 Å². The molecule has 1 saturated heterocycles. The number of rotatable bonds is 6. The fourth-order valence-electron chi connectivity index (χ4n) is 5.29. The molecule has 1 aliphatic heterocycles. The maximum atomic E-state index is 13.1. The molecule has 158 valence electrons. The van der Waals surface area contributed by atoms with Gasteiger partial charge >= 0.3 is 0 Å². The van der Waals surface area contributed by atoms with Crippen LogP contribution < -0.4 is 5.32 Å². The summed E-state index contributed by atoms with van der Waals surface area (Å²) in [7, 11) is 1.70. The molecule has 0 aromatic heterocycles. The molecule has 4 rings (SSSR count). The predicted octanol–water partition coefficient (Wildman–Crippen LogP) is 4.44. The largest absolute Gasteiger partial charge is 0.359 e. The average molecular weight is 405 g/mol. The second-order valence-corrected chi connectivity index (χ2v) is 8.98. The van der Waals surface area contributed by atoms with E-state index in [9.17, 15) is 9.59 Å². The number of hydrogen-bond donors (Lipinski definition) is 1. The Bertz CT molecular complexity index is 889. The van der Waals surface area contributed by atoms with Crippen molar-refractivity contribution in [1.29, 1.82) is 0 Å². The third kappa shape index (κ3) is 4.28. The van der Waals surface area contributed by atoms with Gasteiger partial charge in [-0.05, 0) is 48.3 Å². The number of hydrogen-bond acceptors (Lipinski definition) is 2. The van der Waals surface area contributed by atoms with Crippen LogP contribution in [0.25, 0.3) is 11.1 Å². The molecule has 30 heavy (non-hydrogen) atoms. The number of nitrogens with zero attached hydrogens (tertiary/aromatic N) is 1. The molecular weight excluding hydrogens is 372 g/mol. The van der Waals surface area contributed by atoms with E-state index in [2.05, 4.69) is 29.6 Å². The summed E-state index contributed by atoms with van der Waals surface area (Å²) in [6.45, 7) is 1.19. The van der Waals surface area contributed by atoms with Gasteiger partial charge in [0.1, 0.15) is 0 Å². The molecule has 0 bridgehead atoms. The Balaban J connectivity index is 1.56. The first-order chi connectivity index (χ1) is 14.6. The smallest absolute Gasteiger partial charge is 0.228 e. The number of carbonyl (C=O) groups excluding carboxylic acids is 2. The Morgan fingerprint density at radius 3 is 2.47 bits per heavy atom. The van der Waals surface area contributed by atoms with Crippen molar-refractivity contribution in [3.63, 3.8) is 0 Å². The van der Waals surface area contributed by atoms with Gasteiger partial charge in [-0.2, -0.15) is 0 Å². The summed E-state index contributed by atoms with van der Waals surface area (Å²) in [6.07, 6.45) is 6.84. The molecule has 1 unspecified atom stereocenters. The van der Waals surface area contributed by atoms with Gasteiger partial charge in [-0.15, -0.1) is 0 Å². The van der Waals surface area contributed by atoms with E-state index in [1.165, 1.54) is 25.7 Å². The minimum Gasteiger partial charge on any atom is -0.359 e. The maximum absolute atomic E-state index is 13.1. The summed E-state index contributed by atoms with van der Waals surface area (Å²) >= 11 is 0. The second kappa shape index (κ2) is 9.03. The van der Waals surface area contributed by atoms with Crippen molar-refractivity contribution in [2.45, 2.75) is 44.9 Å². The van der Waals surface area contributed by atoms with Crippen LogP contribution in [0.1, 0.15) is 44.1 Å². The Morgan fingerprint density at radius 2 is 1.73 bits per heavy atom. The highest BCUT2D eigenvalue weighted by molar-refractivity contribution is 5.86. The molecule has 0 spiro atoms. The SMILES string of the molecule is CNC(=O)C1(Cc2ccccc2-c2ccccc2)CCN(C(=O)CC2CCCC2)C1. The maximum Gasteiger partial charge on any atom is 0.228 e. The summed E-state index contributed by atoms with van der Waals surface area (Å²) in [4.78, 5) is 27.9. The van der Waals surface area contributed by atoms with Crippen molar-refractivity contribution in [2.24, 2.45) is 11.3 Å². The highest BCUT2D eigenvalue weighted by atomic mass is 16.2. The normalized spacial score (nSPS) is 21.7. The lowest BCUT2D eigenvalue weighted by molar-refractivity contribution is -0.133. The van der Waals surface area contributed by atoms with E-state index in [1.807, 2.05) is 35.2 Å². The van der Waals surface area contributed by atoms with Crippen molar-refractivity contribution in [2.75, 3.05) is 20.1 Å². The van der Waals surface area contributed by atoms with Crippen LogP contribution in [0.15, 0.2) is 54.6 Å². The van der Waals surface area contributed by atoms with Gasteiger partial charge in [0.05, 0.1) is 5.41 Å². The summed E-state index contributed by atoms with van der Waals surface area (Å²) in [6, 6.07) is 18.6. The molecule has 1 saturated carbocycles. The van der Waals surface area contributed by atoms with Crippen LogP contribution in [0, 0.1) is 11.3 Å². The second-order valence-electron chi connectivity index (χ2n) is 8.98. The minimum atomic E-state index is -0.565. The minimum absolute atomic E-state index is 0.0431. The average Bonchev–Trinajstić information content (AvgIpc) is 3.45. The summed E-state index contributed by atoms with van der Waals surface area (Å²) in [5, 5.41) is 2.88. The van der Waals surface area contributed by atoms with Gasteiger partial charge in [0, 0.05) is 26.6 Å². The third-order valence-corrected chi connectivity index (χ3v) is 6.98. The molecule has 1 N–H and O–H groups in total. The third-order valence-electron chi connectivity index (χ3n) is 6.98. The standard InChI is InChI=1S/C26H32N2O2/c1-27-25(30)26(15-16-28(19-26)24(29)17-20-9-5-6-10-20)18-22-13-7-8-14-23(22)21-11-3-2-4-12-21/h2-4,7-8,11-14,20H,5-6,9-10,15-19H2,1H3,(H,27,30). The molecule has 2 aliphatic rings. The Morgan fingerprint density at radius 1 is 1.03 bits per heavy atom. The van der Waals surface area contributed by atoms with Gasteiger partial charge in [-0.3, -0.25) is 9.59 Å². The fraction of sp³-hybridized carbons (Fsp3) is 0.462. The van der Waals surface area contributed by atoms with Gasteiger partial charge < -0.3 is 10.2 Å². The van der Waals surface area contributed by atoms with Crippen LogP contribution in [0.4, 0.5) is 0 Å². The van der Waals surface area contributed by atoms with Crippen molar-refractivity contribution in [1.82, 2.24) is 10.2 Å². The fourth-order valence-corrected chi connectivity index (χ4v) is 5.29.